The molecule has 1 aromatic carbocycles. The summed E-state index contributed by atoms with van der Waals surface area (Å²) in [5.41, 5.74) is 0.830. The van der Waals surface area contributed by atoms with E-state index in [2.05, 4.69) is 0 Å². The molecule has 8 nitrogen and oxygen atoms in total. The van der Waals surface area contributed by atoms with E-state index in [9.17, 15) is 19.2 Å². The fourth-order valence-electron chi connectivity index (χ4n) is 3.25. The molecule has 158 valence electrons. The molecule has 1 atom stereocenters. The lowest BCUT2D eigenvalue weighted by molar-refractivity contribution is -0.144. The van der Waals surface area contributed by atoms with E-state index >= 15 is 0 Å². The van der Waals surface area contributed by atoms with E-state index in [0.717, 1.165) is 0 Å². The number of benzene rings is 1. The smallest absolute Gasteiger partial charge is 0.307 e. The Hall–Kier alpha value is -2.90. The van der Waals surface area contributed by atoms with E-state index in [1.54, 1.807) is 36.9 Å². The van der Waals surface area contributed by atoms with Crippen LogP contribution >= 0.6 is 0 Å². The van der Waals surface area contributed by atoms with Gasteiger partial charge >= 0.3 is 5.97 Å². The Morgan fingerprint density at radius 1 is 1.24 bits per heavy atom. The third-order valence-electron chi connectivity index (χ3n) is 4.69. The minimum absolute atomic E-state index is 0.0917. The molecule has 0 N–H and O–H groups in total. The number of hydrogen-bond donors (Lipinski definition) is 0. The molecule has 29 heavy (non-hydrogen) atoms. The number of carbonyl (C=O) groups is 4. The maximum Gasteiger partial charge on any atom is 0.307 e. The molecule has 0 spiro atoms. The molecule has 1 aromatic rings. The highest BCUT2D eigenvalue weighted by Gasteiger charge is 2.35. The third-order valence-corrected chi connectivity index (χ3v) is 4.69. The number of carbonyl (C=O) groups excluding carboxylic acids is 4. The van der Waals surface area contributed by atoms with Gasteiger partial charge in [-0.25, -0.2) is 0 Å². The normalized spacial score (nSPS) is 13.9. The van der Waals surface area contributed by atoms with Gasteiger partial charge in [-0.2, -0.15) is 0 Å². The Bertz CT molecular complexity index is 791. The van der Waals surface area contributed by atoms with Crippen LogP contribution in [0.3, 0.4) is 0 Å². The topological polar surface area (TPSA) is 93.2 Å². The molecular weight excluding hydrogens is 376 g/mol. The number of amides is 2. The minimum Gasteiger partial charge on any atom is -0.482 e. The Labute approximate surface area is 170 Å². The first-order chi connectivity index (χ1) is 13.8. The van der Waals surface area contributed by atoms with Crippen molar-refractivity contribution in [3.8, 4) is 5.75 Å². The van der Waals surface area contributed by atoms with Crippen LogP contribution in [0.15, 0.2) is 18.2 Å². The molecule has 2 amide bonds. The Morgan fingerprint density at radius 2 is 1.97 bits per heavy atom. The number of esters is 1. The molecule has 0 saturated carbocycles. The summed E-state index contributed by atoms with van der Waals surface area (Å²) in [6.07, 6.45) is 0.803. The van der Waals surface area contributed by atoms with Crippen LogP contribution in [0.25, 0.3) is 0 Å². The van der Waals surface area contributed by atoms with Crippen molar-refractivity contribution >= 4 is 29.3 Å². The van der Waals surface area contributed by atoms with Crippen molar-refractivity contribution in [2.45, 2.75) is 46.6 Å². The summed E-state index contributed by atoms with van der Waals surface area (Å²) in [4.78, 5) is 52.1. The van der Waals surface area contributed by atoms with Gasteiger partial charge in [0.25, 0.3) is 5.91 Å². The summed E-state index contributed by atoms with van der Waals surface area (Å²) in [6, 6.07) is 4.03. The van der Waals surface area contributed by atoms with Gasteiger partial charge in [0.1, 0.15) is 11.8 Å². The lowest BCUT2D eigenvalue weighted by Gasteiger charge is -2.36. The summed E-state index contributed by atoms with van der Waals surface area (Å²) in [7, 11) is 0. The molecule has 0 bridgehead atoms. The van der Waals surface area contributed by atoms with Gasteiger partial charge in [0.15, 0.2) is 12.4 Å². The highest BCUT2D eigenvalue weighted by atomic mass is 16.5. The predicted molar refractivity (Wildman–Crippen MR) is 107 cm³/mol. The molecule has 2 rings (SSSR count). The molecule has 1 aliphatic heterocycles. The predicted octanol–water partition coefficient (Wildman–Crippen LogP) is 2.19. The van der Waals surface area contributed by atoms with Crippen LogP contribution in [0.5, 0.6) is 5.75 Å². The van der Waals surface area contributed by atoms with Crippen molar-refractivity contribution in [2.75, 3.05) is 31.2 Å². The number of fused-ring (bicyclic) bond motifs is 1. The number of ketones is 1. The number of Topliss-reactive ketones (excluding diaryl/α,β-unsaturated/α-hetero) is 1. The molecule has 0 aromatic heterocycles. The number of nitrogens with zero attached hydrogens (tertiary/aromatic N) is 2. The van der Waals surface area contributed by atoms with Gasteiger partial charge in [-0.1, -0.05) is 6.92 Å². The van der Waals surface area contributed by atoms with E-state index in [1.165, 1.54) is 11.8 Å². The molecule has 1 heterocycles. The zero-order valence-corrected chi connectivity index (χ0v) is 17.4. The SMILES string of the molecule is CCCN(CCC(=O)OCC)C(=O)C(C)N1C(=O)COc2ccc(C(C)=O)cc21. The largest absolute Gasteiger partial charge is 0.482 e. The average molecular weight is 404 g/mol. The maximum absolute atomic E-state index is 13.1. The van der Waals surface area contributed by atoms with E-state index in [0.29, 0.717) is 30.0 Å². The van der Waals surface area contributed by atoms with Crippen molar-refractivity contribution in [1.82, 2.24) is 4.90 Å². The highest BCUT2D eigenvalue weighted by Crippen LogP contribution is 2.34. The van der Waals surface area contributed by atoms with Crippen LogP contribution in [0.2, 0.25) is 0 Å². The van der Waals surface area contributed by atoms with Gasteiger partial charge in [0, 0.05) is 18.7 Å². The second-order valence-corrected chi connectivity index (χ2v) is 6.85. The molecule has 0 saturated heterocycles. The van der Waals surface area contributed by atoms with Crippen LogP contribution in [0.4, 0.5) is 5.69 Å². The second-order valence-electron chi connectivity index (χ2n) is 6.85. The number of ether oxygens (including phenoxy) is 2. The van der Waals surface area contributed by atoms with Gasteiger partial charge in [0.2, 0.25) is 5.91 Å². The van der Waals surface area contributed by atoms with Crippen LogP contribution in [-0.2, 0) is 19.1 Å². The van der Waals surface area contributed by atoms with E-state index in [4.69, 9.17) is 9.47 Å². The first kappa shape index (κ1) is 22.4. The lowest BCUT2D eigenvalue weighted by Crippen LogP contribution is -2.53. The Kier molecular flexibility index (Phi) is 7.75. The summed E-state index contributed by atoms with van der Waals surface area (Å²) in [5.74, 6) is -0.700. The van der Waals surface area contributed by atoms with Crippen molar-refractivity contribution in [3.05, 3.63) is 23.8 Å². The summed E-state index contributed by atoms with van der Waals surface area (Å²) < 4.78 is 10.4. The zero-order chi connectivity index (χ0) is 21.6. The zero-order valence-electron chi connectivity index (χ0n) is 17.4. The monoisotopic (exact) mass is 404 g/mol. The number of anilines is 1. The Balaban J connectivity index is 2.26. The molecular formula is C21H28N2O6. The van der Waals surface area contributed by atoms with Gasteiger partial charge in [0.05, 0.1) is 18.7 Å². The fourth-order valence-corrected chi connectivity index (χ4v) is 3.25. The summed E-state index contributed by atoms with van der Waals surface area (Å²) in [6.45, 7) is 7.52. The van der Waals surface area contributed by atoms with E-state index < -0.39 is 6.04 Å². The van der Waals surface area contributed by atoms with Gasteiger partial charge in [-0.05, 0) is 45.4 Å². The van der Waals surface area contributed by atoms with E-state index in [-0.39, 0.29) is 49.7 Å². The quantitative estimate of drug-likeness (QED) is 0.463. The number of hydrogen-bond acceptors (Lipinski definition) is 6. The maximum atomic E-state index is 13.1. The molecule has 8 heteroatoms. The van der Waals surface area contributed by atoms with Crippen LogP contribution in [0, 0.1) is 0 Å². The number of rotatable bonds is 9. The Morgan fingerprint density at radius 3 is 2.59 bits per heavy atom. The fraction of sp³-hybridized carbons (Fsp3) is 0.524. The summed E-state index contributed by atoms with van der Waals surface area (Å²) in [5, 5.41) is 0. The highest BCUT2D eigenvalue weighted by molar-refractivity contribution is 6.05. The van der Waals surface area contributed by atoms with Crippen molar-refractivity contribution in [3.63, 3.8) is 0 Å². The summed E-state index contributed by atoms with van der Waals surface area (Å²) >= 11 is 0. The first-order valence-corrected chi connectivity index (χ1v) is 9.84. The van der Waals surface area contributed by atoms with Gasteiger partial charge in [-0.3, -0.25) is 24.1 Å². The van der Waals surface area contributed by atoms with E-state index in [1.807, 2.05) is 6.92 Å². The molecule has 0 radical (unpaired) electrons. The second kappa shape index (κ2) is 10.0. The van der Waals surface area contributed by atoms with Crippen molar-refractivity contribution in [2.24, 2.45) is 0 Å². The van der Waals surface area contributed by atoms with Gasteiger partial charge < -0.3 is 14.4 Å². The van der Waals surface area contributed by atoms with Crippen LogP contribution in [-0.4, -0.2) is 60.8 Å². The lowest BCUT2D eigenvalue weighted by atomic mass is 10.1. The average Bonchev–Trinajstić information content (AvgIpc) is 2.69. The standard InChI is InChI=1S/C21H28N2O6/c1-5-10-22(11-9-20(26)28-6-2)21(27)14(3)23-17-12-16(15(4)24)7-8-18(17)29-13-19(23)25/h7-8,12,14H,5-6,9-11,13H2,1-4H3. The van der Waals surface area contributed by atoms with Crippen LogP contribution < -0.4 is 9.64 Å². The third kappa shape index (κ3) is 5.34. The first-order valence-electron chi connectivity index (χ1n) is 9.84. The van der Waals surface area contributed by atoms with Crippen molar-refractivity contribution in [1.29, 1.82) is 0 Å². The minimum atomic E-state index is -0.805. The van der Waals surface area contributed by atoms with Crippen LogP contribution in [0.1, 0.15) is 50.9 Å². The van der Waals surface area contributed by atoms with Crippen molar-refractivity contribution < 1.29 is 28.7 Å². The molecule has 0 aliphatic carbocycles. The molecule has 1 aliphatic rings. The van der Waals surface area contributed by atoms with Gasteiger partial charge in [-0.15, -0.1) is 0 Å². The molecule has 1 unspecified atom stereocenters. The molecule has 0 fully saturated rings.